The first-order valence-electron chi connectivity index (χ1n) is 6.02. The molecule has 0 bridgehead atoms. The van der Waals surface area contributed by atoms with E-state index in [0.717, 1.165) is 5.25 Å². The summed E-state index contributed by atoms with van der Waals surface area (Å²) in [6.07, 6.45) is 11.2. The third-order valence-corrected chi connectivity index (χ3v) is 4.67. The normalized spacial score (nSPS) is 27.9. The van der Waals surface area contributed by atoms with Crippen LogP contribution in [0, 0.1) is 0 Å². The van der Waals surface area contributed by atoms with Crippen LogP contribution in [-0.4, -0.2) is 21.1 Å². The lowest BCUT2D eigenvalue weighted by Gasteiger charge is -2.29. The molecule has 2 N–H and O–H groups in total. The van der Waals surface area contributed by atoms with E-state index in [4.69, 9.17) is 5.73 Å². The van der Waals surface area contributed by atoms with Gasteiger partial charge in [-0.25, -0.2) is 4.98 Å². The van der Waals surface area contributed by atoms with Gasteiger partial charge in [0.2, 0.25) is 0 Å². The first kappa shape index (κ1) is 12.0. The Bertz CT molecular complexity index is 327. The van der Waals surface area contributed by atoms with Gasteiger partial charge < -0.3 is 10.3 Å². The predicted molar refractivity (Wildman–Crippen MR) is 69.6 cm³/mol. The summed E-state index contributed by atoms with van der Waals surface area (Å²) in [5, 5.41) is 0.860. The Kier molecular flexibility index (Phi) is 3.92. The van der Waals surface area contributed by atoms with Crippen molar-refractivity contribution in [3.63, 3.8) is 0 Å². The Balaban J connectivity index is 2.05. The highest BCUT2D eigenvalue weighted by atomic mass is 32.2. The summed E-state index contributed by atoms with van der Waals surface area (Å²) in [5.74, 6) is 0. The quantitative estimate of drug-likeness (QED) is 0.882. The average molecular weight is 239 g/mol. The van der Waals surface area contributed by atoms with Crippen molar-refractivity contribution in [2.75, 3.05) is 6.26 Å². The van der Waals surface area contributed by atoms with Crippen LogP contribution in [-0.2, 0) is 0 Å². The Morgan fingerprint density at radius 1 is 1.44 bits per heavy atom. The zero-order valence-electron chi connectivity index (χ0n) is 10.1. The summed E-state index contributed by atoms with van der Waals surface area (Å²) in [6.45, 7) is 2.03. The van der Waals surface area contributed by atoms with Crippen LogP contribution in [0.25, 0.3) is 0 Å². The lowest BCUT2D eigenvalue weighted by Crippen LogP contribution is -2.22. The fraction of sp³-hybridized carbons (Fsp3) is 0.750. The molecule has 0 radical (unpaired) electrons. The summed E-state index contributed by atoms with van der Waals surface area (Å²) in [4.78, 5) is 4.24. The molecule has 0 amide bonds. The molecule has 3 nitrogen and oxygen atoms in total. The maximum Gasteiger partial charge on any atom is 0.0951 e. The molecular formula is C12H21N3S. The maximum atomic E-state index is 5.95. The standard InChI is InChI=1S/C12H21N3S/c1-9(13)12-7-14-8-15(12)10-3-5-11(16-2)6-4-10/h7-11H,3-6,13H2,1-2H3. The third-order valence-electron chi connectivity index (χ3n) is 3.53. The van der Waals surface area contributed by atoms with Crippen LogP contribution in [0.3, 0.4) is 0 Å². The van der Waals surface area contributed by atoms with E-state index < -0.39 is 0 Å². The first-order valence-corrected chi connectivity index (χ1v) is 7.31. The van der Waals surface area contributed by atoms with Crippen LogP contribution in [0.5, 0.6) is 0 Å². The van der Waals surface area contributed by atoms with E-state index in [1.54, 1.807) is 0 Å². The van der Waals surface area contributed by atoms with E-state index >= 15 is 0 Å². The second-order valence-corrected chi connectivity index (χ2v) is 5.82. The molecule has 0 saturated heterocycles. The van der Waals surface area contributed by atoms with Gasteiger partial charge in [-0.15, -0.1) is 0 Å². The zero-order valence-corrected chi connectivity index (χ0v) is 10.9. The molecule has 4 heteroatoms. The molecule has 2 rings (SSSR count). The summed E-state index contributed by atoms with van der Waals surface area (Å²) in [5.41, 5.74) is 7.13. The molecule has 1 atom stereocenters. The largest absolute Gasteiger partial charge is 0.330 e. The van der Waals surface area contributed by atoms with Crippen molar-refractivity contribution in [2.24, 2.45) is 5.73 Å². The Labute approximate surface area is 102 Å². The smallest absolute Gasteiger partial charge is 0.0951 e. The molecule has 1 aliphatic rings. The van der Waals surface area contributed by atoms with E-state index in [2.05, 4.69) is 15.8 Å². The topological polar surface area (TPSA) is 43.8 Å². The number of nitrogens with two attached hydrogens (primary N) is 1. The van der Waals surface area contributed by atoms with Gasteiger partial charge in [-0.1, -0.05) is 0 Å². The minimum Gasteiger partial charge on any atom is -0.330 e. The summed E-state index contributed by atoms with van der Waals surface area (Å²) < 4.78 is 2.29. The molecular weight excluding hydrogens is 218 g/mol. The second kappa shape index (κ2) is 5.23. The summed E-state index contributed by atoms with van der Waals surface area (Å²) in [6, 6.07) is 0.702. The second-order valence-electron chi connectivity index (χ2n) is 4.68. The Hall–Kier alpha value is -0.480. The number of imidazole rings is 1. The minimum atomic E-state index is 0.0840. The molecule has 1 aromatic rings. The van der Waals surface area contributed by atoms with Crippen LogP contribution < -0.4 is 5.73 Å². The van der Waals surface area contributed by atoms with Crippen LogP contribution in [0.15, 0.2) is 12.5 Å². The van der Waals surface area contributed by atoms with Crippen molar-refractivity contribution in [3.05, 3.63) is 18.2 Å². The van der Waals surface area contributed by atoms with E-state index in [1.807, 2.05) is 31.2 Å². The van der Waals surface area contributed by atoms with Crippen LogP contribution in [0.2, 0.25) is 0 Å². The number of nitrogens with zero attached hydrogens (tertiary/aromatic N) is 2. The van der Waals surface area contributed by atoms with Crippen molar-refractivity contribution in [2.45, 2.75) is 49.9 Å². The lowest BCUT2D eigenvalue weighted by molar-refractivity contribution is 0.349. The predicted octanol–water partition coefficient (Wildman–Crippen LogP) is 2.75. The molecule has 0 spiro atoms. The first-order chi connectivity index (χ1) is 7.72. The molecule has 1 saturated carbocycles. The van der Waals surface area contributed by atoms with Crippen LogP contribution in [0.4, 0.5) is 0 Å². The molecule has 16 heavy (non-hydrogen) atoms. The molecule has 1 heterocycles. The third kappa shape index (κ3) is 2.43. The molecule has 1 fully saturated rings. The summed E-state index contributed by atoms with van der Waals surface area (Å²) >= 11 is 2.01. The Morgan fingerprint density at radius 2 is 2.12 bits per heavy atom. The van der Waals surface area contributed by atoms with Crippen molar-refractivity contribution < 1.29 is 0 Å². The monoisotopic (exact) mass is 239 g/mol. The number of hydrogen-bond acceptors (Lipinski definition) is 3. The average Bonchev–Trinajstić information content (AvgIpc) is 2.78. The minimum absolute atomic E-state index is 0.0840. The van der Waals surface area contributed by atoms with E-state index in [9.17, 15) is 0 Å². The fourth-order valence-corrected chi connectivity index (χ4v) is 3.28. The molecule has 1 unspecified atom stereocenters. The molecule has 1 aromatic heterocycles. The van der Waals surface area contributed by atoms with Gasteiger partial charge in [-0.2, -0.15) is 11.8 Å². The number of hydrogen-bond donors (Lipinski definition) is 1. The van der Waals surface area contributed by atoms with Crippen LogP contribution in [0.1, 0.15) is 50.4 Å². The van der Waals surface area contributed by atoms with Gasteiger partial charge in [0.1, 0.15) is 0 Å². The zero-order chi connectivity index (χ0) is 11.5. The van der Waals surface area contributed by atoms with Gasteiger partial charge in [0.05, 0.1) is 12.0 Å². The van der Waals surface area contributed by atoms with Gasteiger partial charge in [-0.05, 0) is 38.9 Å². The lowest BCUT2D eigenvalue weighted by atomic mass is 9.94. The fourth-order valence-electron chi connectivity index (χ4n) is 2.53. The van der Waals surface area contributed by atoms with E-state index in [0.29, 0.717) is 6.04 Å². The van der Waals surface area contributed by atoms with E-state index in [1.165, 1.54) is 31.4 Å². The van der Waals surface area contributed by atoms with Crippen molar-refractivity contribution in [1.29, 1.82) is 0 Å². The van der Waals surface area contributed by atoms with Crippen LogP contribution >= 0.6 is 11.8 Å². The summed E-state index contributed by atoms with van der Waals surface area (Å²) in [7, 11) is 0. The molecule has 90 valence electrons. The van der Waals surface area contributed by atoms with Crippen molar-refractivity contribution in [1.82, 2.24) is 9.55 Å². The molecule has 0 aliphatic heterocycles. The molecule has 1 aliphatic carbocycles. The van der Waals surface area contributed by atoms with Crippen molar-refractivity contribution in [3.8, 4) is 0 Å². The highest BCUT2D eigenvalue weighted by Gasteiger charge is 2.23. The molecule has 0 aromatic carbocycles. The number of aromatic nitrogens is 2. The van der Waals surface area contributed by atoms with Gasteiger partial charge in [0.15, 0.2) is 0 Å². The van der Waals surface area contributed by atoms with Crippen molar-refractivity contribution >= 4 is 11.8 Å². The highest BCUT2D eigenvalue weighted by molar-refractivity contribution is 7.99. The highest BCUT2D eigenvalue weighted by Crippen LogP contribution is 2.34. The van der Waals surface area contributed by atoms with Gasteiger partial charge in [-0.3, -0.25) is 0 Å². The van der Waals surface area contributed by atoms with Gasteiger partial charge in [0, 0.05) is 23.5 Å². The Morgan fingerprint density at radius 3 is 2.69 bits per heavy atom. The maximum absolute atomic E-state index is 5.95. The van der Waals surface area contributed by atoms with Gasteiger partial charge >= 0.3 is 0 Å². The number of thioether (sulfide) groups is 1. The SMILES string of the molecule is CSC1CCC(n2cncc2C(C)N)CC1. The van der Waals surface area contributed by atoms with Gasteiger partial charge in [0.25, 0.3) is 0 Å². The number of rotatable bonds is 3. The van der Waals surface area contributed by atoms with E-state index in [-0.39, 0.29) is 6.04 Å².